The number of Topliss-reactive ketones (excluding diaryl/α,β-unsaturated/α-hetero) is 1. The molecule has 0 heterocycles. The Morgan fingerprint density at radius 1 is 1.33 bits per heavy atom. The van der Waals surface area contributed by atoms with Crippen molar-refractivity contribution in [1.82, 2.24) is 0 Å². The fourth-order valence-electron chi connectivity index (χ4n) is 0.321. The number of ketones is 1. The third-order valence-electron chi connectivity index (χ3n) is 0.911. The van der Waals surface area contributed by atoms with E-state index in [0.29, 0.717) is 5.78 Å². The van der Waals surface area contributed by atoms with Crippen molar-refractivity contribution in [1.29, 1.82) is 0 Å². The summed E-state index contributed by atoms with van der Waals surface area (Å²) in [4.78, 5) is 9.90. The van der Waals surface area contributed by atoms with Crippen LogP contribution in [0.25, 0.3) is 0 Å². The van der Waals surface area contributed by atoms with Crippen LogP contribution in [0.3, 0.4) is 0 Å². The first-order valence-corrected chi connectivity index (χ1v) is 1.91. The molecule has 1 aliphatic rings. The van der Waals surface area contributed by atoms with Crippen molar-refractivity contribution < 1.29 is 4.79 Å². The molecule has 0 spiro atoms. The topological polar surface area (TPSA) is 17.1 Å². The van der Waals surface area contributed by atoms with Gasteiger partial charge in [-0.3, -0.25) is 4.79 Å². The molecular formula is C4H7NaO. The number of carbonyl (C=O) groups is 1. The number of hydrogen-bond donors (Lipinski definition) is 0. The molecule has 1 fully saturated rings. The monoisotopic (exact) mass is 94.0 g/mol. The molecular weight excluding hydrogens is 87.0 g/mol. The molecule has 1 aliphatic carbocycles. The van der Waals surface area contributed by atoms with Gasteiger partial charge in [-0.2, -0.15) is 0 Å². The molecule has 1 rings (SSSR count). The van der Waals surface area contributed by atoms with E-state index in [4.69, 9.17) is 0 Å². The van der Waals surface area contributed by atoms with Gasteiger partial charge in [-0.15, -0.1) is 0 Å². The standard InChI is InChI=1S/C4H6O.Na.H/c5-4-2-1-3-4;;/h1-3H2;;. The predicted molar refractivity (Wildman–Crippen MR) is 26.0 cm³/mol. The van der Waals surface area contributed by atoms with Gasteiger partial charge in [0.05, 0.1) is 0 Å². The first kappa shape index (κ1) is 6.67. The third-order valence-corrected chi connectivity index (χ3v) is 0.911. The molecule has 6 heavy (non-hydrogen) atoms. The average Bonchev–Trinajstić information content (AvgIpc) is 1.30. The Bertz CT molecular complexity index is 54.6. The van der Waals surface area contributed by atoms with Gasteiger partial charge in [-0.25, -0.2) is 0 Å². The molecule has 0 amide bonds. The maximum atomic E-state index is 9.90. The normalized spacial score (nSPS) is 18.3. The van der Waals surface area contributed by atoms with Crippen molar-refractivity contribution in [2.45, 2.75) is 19.3 Å². The Balaban J connectivity index is 0.000000250. The second-order valence-electron chi connectivity index (χ2n) is 1.39. The van der Waals surface area contributed by atoms with Crippen LogP contribution in [0.5, 0.6) is 0 Å². The molecule has 2 heteroatoms. The molecule has 0 radical (unpaired) electrons. The Hall–Kier alpha value is 0.670. The maximum absolute atomic E-state index is 9.90. The molecule has 0 N–H and O–H groups in total. The van der Waals surface area contributed by atoms with Crippen LogP contribution in [0.4, 0.5) is 0 Å². The van der Waals surface area contributed by atoms with Gasteiger partial charge >= 0.3 is 29.6 Å². The summed E-state index contributed by atoms with van der Waals surface area (Å²) in [5.74, 6) is 0.435. The number of hydrogen-bond acceptors (Lipinski definition) is 1. The summed E-state index contributed by atoms with van der Waals surface area (Å²) in [5.41, 5.74) is 0. The van der Waals surface area contributed by atoms with Gasteiger partial charge in [0, 0.05) is 12.8 Å². The van der Waals surface area contributed by atoms with Gasteiger partial charge < -0.3 is 0 Å². The summed E-state index contributed by atoms with van der Waals surface area (Å²) < 4.78 is 0. The minimum absolute atomic E-state index is 0. The van der Waals surface area contributed by atoms with E-state index < -0.39 is 0 Å². The van der Waals surface area contributed by atoms with Gasteiger partial charge in [0.2, 0.25) is 0 Å². The van der Waals surface area contributed by atoms with E-state index in [0.717, 1.165) is 19.3 Å². The van der Waals surface area contributed by atoms with Crippen molar-refractivity contribution in [3.05, 3.63) is 0 Å². The molecule has 0 aromatic heterocycles. The molecule has 1 saturated carbocycles. The minimum atomic E-state index is 0. The van der Waals surface area contributed by atoms with E-state index >= 15 is 0 Å². The quantitative estimate of drug-likeness (QED) is 0.389. The molecule has 1 nitrogen and oxygen atoms in total. The van der Waals surface area contributed by atoms with Crippen LogP contribution in [0.2, 0.25) is 0 Å². The SMILES string of the molecule is O=C1CCC1.[NaH]. The van der Waals surface area contributed by atoms with E-state index in [1.807, 2.05) is 0 Å². The molecule has 0 bridgehead atoms. The summed E-state index contributed by atoms with van der Waals surface area (Å²) in [6.45, 7) is 0. The van der Waals surface area contributed by atoms with Gasteiger partial charge in [-0.1, -0.05) is 0 Å². The van der Waals surface area contributed by atoms with E-state index in [-0.39, 0.29) is 29.6 Å². The van der Waals surface area contributed by atoms with Crippen LogP contribution in [0, 0.1) is 0 Å². The summed E-state index contributed by atoms with van der Waals surface area (Å²) in [7, 11) is 0. The summed E-state index contributed by atoms with van der Waals surface area (Å²) in [6, 6.07) is 0. The Morgan fingerprint density at radius 3 is 1.67 bits per heavy atom. The van der Waals surface area contributed by atoms with Gasteiger partial charge in [-0.05, 0) is 6.42 Å². The van der Waals surface area contributed by atoms with Crippen molar-refractivity contribution in [3.8, 4) is 0 Å². The fraction of sp³-hybridized carbons (Fsp3) is 0.750. The molecule has 0 aromatic carbocycles. The Labute approximate surface area is 59.4 Å². The van der Waals surface area contributed by atoms with Crippen molar-refractivity contribution in [2.24, 2.45) is 0 Å². The summed E-state index contributed by atoms with van der Waals surface area (Å²) in [6.07, 6.45) is 2.83. The summed E-state index contributed by atoms with van der Waals surface area (Å²) >= 11 is 0. The Morgan fingerprint density at radius 2 is 1.67 bits per heavy atom. The number of carbonyl (C=O) groups excluding carboxylic acids is 1. The van der Waals surface area contributed by atoms with Crippen molar-refractivity contribution >= 4 is 35.3 Å². The van der Waals surface area contributed by atoms with Gasteiger partial charge in [0.25, 0.3) is 0 Å². The zero-order chi connectivity index (χ0) is 3.70. The second kappa shape index (κ2) is 2.78. The predicted octanol–water partition coefficient (Wildman–Crippen LogP) is 0.0909. The molecule has 30 valence electrons. The van der Waals surface area contributed by atoms with Crippen LogP contribution >= 0.6 is 0 Å². The first-order chi connectivity index (χ1) is 2.39. The van der Waals surface area contributed by atoms with Crippen LogP contribution in [0.1, 0.15) is 19.3 Å². The molecule has 0 atom stereocenters. The third kappa shape index (κ3) is 1.41. The van der Waals surface area contributed by atoms with Gasteiger partial charge in [0.15, 0.2) is 0 Å². The second-order valence-corrected chi connectivity index (χ2v) is 1.39. The van der Waals surface area contributed by atoms with Gasteiger partial charge in [0.1, 0.15) is 5.78 Å². The van der Waals surface area contributed by atoms with Crippen molar-refractivity contribution in [2.75, 3.05) is 0 Å². The molecule has 0 aliphatic heterocycles. The first-order valence-electron chi connectivity index (χ1n) is 1.91. The van der Waals surface area contributed by atoms with Crippen LogP contribution in [-0.4, -0.2) is 35.3 Å². The van der Waals surface area contributed by atoms with E-state index in [1.165, 1.54) is 0 Å². The van der Waals surface area contributed by atoms with E-state index in [2.05, 4.69) is 0 Å². The zero-order valence-corrected chi connectivity index (χ0v) is 3.03. The average molecular weight is 94.1 g/mol. The molecule has 0 saturated heterocycles. The van der Waals surface area contributed by atoms with Crippen LogP contribution < -0.4 is 0 Å². The Kier molecular flexibility index (Phi) is 3.09. The van der Waals surface area contributed by atoms with Crippen LogP contribution in [-0.2, 0) is 4.79 Å². The fourth-order valence-corrected chi connectivity index (χ4v) is 0.321. The van der Waals surface area contributed by atoms with Crippen molar-refractivity contribution in [3.63, 3.8) is 0 Å². The van der Waals surface area contributed by atoms with Crippen LogP contribution in [0.15, 0.2) is 0 Å². The number of rotatable bonds is 0. The molecule has 0 aromatic rings. The van der Waals surface area contributed by atoms with E-state index in [9.17, 15) is 4.79 Å². The summed E-state index contributed by atoms with van der Waals surface area (Å²) in [5, 5.41) is 0. The molecule has 0 unspecified atom stereocenters. The zero-order valence-electron chi connectivity index (χ0n) is 3.03. The van der Waals surface area contributed by atoms with E-state index in [1.54, 1.807) is 0 Å².